The second-order valence-electron chi connectivity index (χ2n) is 8.02. The number of hydrogen-bond acceptors (Lipinski definition) is 4. The van der Waals surface area contributed by atoms with Crippen molar-refractivity contribution in [1.29, 1.82) is 0 Å². The Labute approximate surface area is 178 Å². The lowest BCUT2D eigenvalue weighted by Gasteiger charge is -2.19. The smallest absolute Gasteiger partial charge is 0.328 e. The molecular weight excluding hydrogens is 402 g/mol. The van der Waals surface area contributed by atoms with Crippen LogP contribution in [0.3, 0.4) is 0 Å². The molecule has 0 radical (unpaired) electrons. The lowest BCUT2D eigenvalue weighted by Crippen LogP contribution is -2.39. The fourth-order valence-electron chi connectivity index (χ4n) is 2.64. The first-order valence-corrected chi connectivity index (χ1v) is 11.3. The number of carbonyl (C=O) groups excluding carboxylic acids is 2. The van der Waals surface area contributed by atoms with Gasteiger partial charge in [0.05, 0.1) is 4.90 Å². The Morgan fingerprint density at radius 1 is 0.933 bits per heavy atom. The molecule has 2 aromatic carbocycles. The summed E-state index contributed by atoms with van der Waals surface area (Å²) in [5.41, 5.74) is 2.08. The van der Waals surface area contributed by atoms with E-state index in [1.165, 1.54) is 24.3 Å². The van der Waals surface area contributed by atoms with Crippen molar-refractivity contribution >= 4 is 27.6 Å². The Bertz CT molecular complexity index is 977. The van der Waals surface area contributed by atoms with Gasteiger partial charge in [-0.3, -0.25) is 4.79 Å². The Morgan fingerprint density at radius 3 is 2.07 bits per heavy atom. The van der Waals surface area contributed by atoms with Gasteiger partial charge in [-0.25, -0.2) is 17.9 Å². The number of benzene rings is 2. The molecule has 8 heteroatoms. The Kier molecular flexibility index (Phi) is 7.61. The highest BCUT2D eigenvalue weighted by atomic mass is 32.2. The number of hydrogen-bond donors (Lipinski definition) is 3. The molecule has 3 N–H and O–H groups in total. The summed E-state index contributed by atoms with van der Waals surface area (Å²) in [5, 5.41) is 5.23. The summed E-state index contributed by atoms with van der Waals surface area (Å²) < 4.78 is 26.5. The van der Waals surface area contributed by atoms with E-state index >= 15 is 0 Å². The molecule has 0 saturated carbocycles. The summed E-state index contributed by atoms with van der Waals surface area (Å²) in [4.78, 5) is 24.1. The van der Waals surface area contributed by atoms with Gasteiger partial charge in [0.15, 0.2) is 0 Å². The van der Waals surface area contributed by atoms with Crippen LogP contribution in [0.25, 0.3) is 0 Å². The zero-order chi connectivity index (χ0) is 22.4. The molecule has 2 aromatic rings. The van der Waals surface area contributed by atoms with Gasteiger partial charge in [0.2, 0.25) is 0 Å². The monoisotopic (exact) mass is 431 g/mol. The van der Waals surface area contributed by atoms with Gasteiger partial charge >= 0.3 is 6.03 Å². The molecule has 0 aliphatic rings. The molecule has 162 valence electrons. The quantitative estimate of drug-likeness (QED) is 0.576. The average molecular weight is 432 g/mol. The van der Waals surface area contributed by atoms with Crippen molar-refractivity contribution in [3.8, 4) is 0 Å². The number of sulfonamides is 1. The van der Waals surface area contributed by atoms with Crippen LogP contribution >= 0.6 is 0 Å². The summed E-state index contributed by atoms with van der Waals surface area (Å²) in [5.74, 6) is -0.292. The number of carbonyl (C=O) groups is 2. The molecule has 30 heavy (non-hydrogen) atoms. The Hall–Kier alpha value is -2.87. The molecule has 0 bridgehead atoms. The number of amides is 3. The van der Waals surface area contributed by atoms with Gasteiger partial charge in [-0.1, -0.05) is 46.2 Å². The van der Waals surface area contributed by atoms with Gasteiger partial charge in [-0.05, 0) is 53.8 Å². The lowest BCUT2D eigenvalue weighted by atomic mass is 9.87. The number of unbranched alkanes of at least 4 members (excludes halogenated alkanes) is 1. The van der Waals surface area contributed by atoms with Crippen molar-refractivity contribution in [2.75, 3.05) is 11.9 Å². The second kappa shape index (κ2) is 9.75. The zero-order valence-electron chi connectivity index (χ0n) is 17.8. The highest BCUT2D eigenvalue weighted by Gasteiger charge is 2.18. The number of urea groups is 1. The van der Waals surface area contributed by atoms with Crippen LogP contribution in [0.5, 0.6) is 0 Å². The predicted molar refractivity (Wildman–Crippen MR) is 118 cm³/mol. The molecule has 2 rings (SSSR count). The molecule has 0 fully saturated rings. The first-order chi connectivity index (χ1) is 14.0. The van der Waals surface area contributed by atoms with Crippen LogP contribution in [0.1, 0.15) is 56.5 Å². The number of rotatable bonds is 7. The molecule has 0 aliphatic heterocycles. The van der Waals surface area contributed by atoms with Crippen LogP contribution in [0, 0.1) is 0 Å². The standard InChI is InChI=1S/C22H29N3O4S/c1-5-6-15-23-21(27)25-30(28,29)19-13-11-18(12-14-19)24-20(26)16-7-9-17(10-8-16)22(2,3)4/h7-14H,5-6,15H2,1-4H3,(H,24,26)(H2,23,25,27). The van der Waals surface area contributed by atoms with Crippen molar-refractivity contribution in [2.24, 2.45) is 0 Å². The third-order valence-electron chi connectivity index (χ3n) is 4.48. The summed E-state index contributed by atoms with van der Waals surface area (Å²) in [6.07, 6.45) is 1.65. The zero-order valence-corrected chi connectivity index (χ0v) is 18.6. The molecular formula is C22H29N3O4S. The van der Waals surface area contributed by atoms with E-state index < -0.39 is 16.1 Å². The maximum absolute atomic E-state index is 12.4. The van der Waals surface area contributed by atoms with E-state index in [1.54, 1.807) is 12.1 Å². The third-order valence-corrected chi connectivity index (χ3v) is 5.83. The van der Waals surface area contributed by atoms with E-state index in [2.05, 4.69) is 31.4 Å². The molecule has 0 heterocycles. The molecule has 0 aromatic heterocycles. The van der Waals surface area contributed by atoms with E-state index in [9.17, 15) is 18.0 Å². The van der Waals surface area contributed by atoms with Gasteiger partial charge in [-0.2, -0.15) is 0 Å². The van der Waals surface area contributed by atoms with Crippen LogP contribution in [-0.4, -0.2) is 26.9 Å². The fraction of sp³-hybridized carbons (Fsp3) is 0.364. The van der Waals surface area contributed by atoms with Gasteiger partial charge < -0.3 is 10.6 Å². The van der Waals surface area contributed by atoms with E-state index in [0.29, 0.717) is 17.8 Å². The molecule has 7 nitrogen and oxygen atoms in total. The SMILES string of the molecule is CCCCNC(=O)NS(=O)(=O)c1ccc(NC(=O)c2ccc(C(C)(C)C)cc2)cc1. The minimum Gasteiger partial charge on any atom is -0.337 e. The van der Waals surface area contributed by atoms with Crippen LogP contribution in [0.15, 0.2) is 53.4 Å². The molecule has 0 saturated heterocycles. The number of nitrogens with one attached hydrogen (secondary N) is 3. The maximum Gasteiger partial charge on any atom is 0.328 e. The molecule has 0 unspecified atom stereocenters. The summed E-state index contributed by atoms with van der Waals surface area (Å²) in [6.45, 7) is 8.67. The Morgan fingerprint density at radius 2 is 1.53 bits per heavy atom. The van der Waals surface area contributed by atoms with Gasteiger partial charge in [0, 0.05) is 17.8 Å². The summed E-state index contributed by atoms with van der Waals surface area (Å²) in [6, 6.07) is 12.2. The topological polar surface area (TPSA) is 104 Å². The van der Waals surface area contributed by atoms with Gasteiger partial charge in [0.25, 0.3) is 15.9 Å². The first-order valence-electron chi connectivity index (χ1n) is 9.85. The van der Waals surface area contributed by atoms with E-state index in [0.717, 1.165) is 18.4 Å². The van der Waals surface area contributed by atoms with Crippen molar-refractivity contribution in [1.82, 2.24) is 10.0 Å². The van der Waals surface area contributed by atoms with Crippen LogP contribution in [0.4, 0.5) is 10.5 Å². The molecule has 3 amide bonds. The predicted octanol–water partition coefficient (Wildman–Crippen LogP) is 4.02. The first kappa shape index (κ1) is 23.4. The fourth-order valence-corrected chi connectivity index (χ4v) is 3.57. The van der Waals surface area contributed by atoms with Gasteiger partial charge in [0.1, 0.15) is 0 Å². The van der Waals surface area contributed by atoms with Crippen molar-refractivity contribution in [2.45, 2.75) is 50.8 Å². The van der Waals surface area contributed by atoms with Crippen LogP contribution in [-0.2, 0) is 15.4 Å². The lowest BCUT2D eigenvalue weighted by molar-refractivity contribution is 0.102. The largest absolute Gasteiger partial charge is 0.337 e. The van der Waals surface area contributed by atoms with E-state index in [1.807, 2.05) is 23.8 Å². The second-order valence-corrected chi connectivity index (χ2v) is 9.70. The normalized spacial score (nSPS) is 11.6. The van der Waals surface area contributed by atoms with E-state index in [-0.39, 0.29) is 16.2 Å². The summed E-state index contributed by atoms with van der Waals surface area (Å²) >= 11 is 0. The van der Waals surface area contributed by atoms with Crippen molar-refractivity contribution in [3.63, 3.8) is 0 Å². The highest BCUT2D eigenvalue weighted by molar-refractivity contribution is 7.90. The van der Waals surface area contributed by atoms with Crippen molar-refractivity contribution < 1.29 is 18.0 Å². The van der Waals surface area contributed by atoms with Crippen molar-refractivity contribution in [3.05, 3.63) is 59.7 Å². The third kappa shape index (κ3) is 6.59. The minimum absolute atomic E-state index is 0.00271. The van der Waals surface area contributed by atoms with Crippen LogP contribution < -0.4 is 15.4 Å². The summed E-state index contributed by atoms with van der Waals surface area (Å²) in [7, 11) is -3.99. The van der Waals surface area contributed by atoms with Crippen LogP contribution in [0.2, 0.25) is 0 Å². The number of anilines is 1. The average Bonchev–Trinajstić information content (AvgIpc) is 2.67. The van der Waals surface area contributed by atoms with E-state index in [4.69, 9.17) is 0 Å². The highest BCUT2D eigenvalue weighted by Crippen LogP contribution is 2.22. The Balaban J connectivity index is 2.01. The van der Waals surface area contributed by atoms with Gasteiger partial charge in [-0.15, -0.1) is 0 Å². The molecule has 0 aliphatic carbocycles. The minimum atomic E-state index is -3.99. The maximum atomic E-state index is 12.4. The molecule has 0 spiro atoms. The molecule has 0 atom stereocenters.